The van der Waals surface area contributed by atoms with Gasteiger partial charge in [-0.25, -0.2) is 0 Å². The molecule has 0 atom stereocenters. The summed E-state index contributed by atoms with van der Waals surface area (Å²) in [6.07, 6.45) is 4.14. The number of amides is 1. The summed E-state index contributed by atoms with van der Waals surface area (Å²) in [6.45, 7) is 6.71. The molecule has 0 aromatic heterocycles. The molecule has 0 unspecified atom stereocenters. The van der Waals surface area contributed by atoms with Crippen LogP contribution < -0.4 is 5.32 Å². The standard InChI is InChI=1S/C14H24N6O/c1-13(16-17-13)6-3-12(21)20(10-7-14(2)18-19-14)11-4-8-15-9-5-11/h11,15H,3-10H2,1-2H3. The maximum atomic E-state index is 12.6. The van der Waals surface area contributed by atoms with Crippen LogP contribution in [-0.2, 0) is 4.79 Å². The Kier molecular flexibility index (Phi) is 3.77. The minimum absolute atomic E-state index is 0.227. The first-order valence-electron chi connectivity index (χ1n) is 7.88. The normalized spacial score (nSPS) is 24.9. The van der Waals surface area contributed by atoms with Gasteiger partial charge in [-0.1, -0.05) is 0 Å². The average Bonchev–Trinajstić information content (AvgIpc) is 3.39. The Balaban J connectivity index is 1.54. The maximum absolute atomic E-state index is 12.6. The molecule has 1 fully saturated rings. The highest BCUT2D eigenvalue weighted by Crippen LogP contribution is 2.34. The fourth-order valence-corrected chi connectivity index (χ4v) is 2.82. The third-order valence-electron chi connectivity index (χ3n) is 4.59. The van der Waals surface area contributed by atoms with E-state index in [9.17, 15) is 4.79 Å². The summed E-state index contributed by atoms with van der Waals surface area (Å²) >= 11 is 0. The van der Waals surface area contributed by atoms with Crippen molar-refractivity contribution >= 4 is 5.91 Å². The first-order chi connectivity index (χ1) is 10.00. The molecular weight excluding hydrogens is 268 g/mol. The second-order valence-electron chi connectivity index (χ2n) is 6.65. The van der Waals surface area contributed by atoms with Crippen molar-refractivity contribution in [2.75, 3.05) is 19.6 Å². The van der Waals surface area contributed by atoms with Gasteiger partial charge in [-0.15, -0.1) is 0 Å². The molecule has 1 saturated heterocycles. The molecule has 0 aromatic rings. The number of piperidine rings is 1. The van der Waals surface area contributed by atoms with Crippen LogP contribution in [0.3, 0.4) is 0 Å². The number of carbonyl (C=O) groups is 1. The highest BCUT2D eigenvalue weighted by atomic mass is 16.2. The molecule has 3 rings (SSSR count). The summed E-state index contributed by atoms with van der Waals surface area (Å²) in [4.78, 5) is 14.7. The molecule has 0 radical (unpaired) electrons. The molecule has 7 heteroatoms. The van der Waals surface area contributed by atoms with Crippen molar-refractivity contribution in [1.29, 1.82) is 0 Å². The number of nitrogens with zero attached hydrogens (tertiary/aromatic N) is 5. The lowest BCUT2D eigenvalue weighted by Gasteiger charge is -2.35. The van der Waals surface area contributed by atoms with Crippen molar-refractivity contribution < 1.29 is 4.79 Å². The van der Waals surface area contributed by atoms with Crippen LogP contribution in [0, 0.1) is 0 Å². The molecule has 0 spiro atoms. The average molecular weight is 292 g/mol. The van der Waals surface area contributed by atoms with Gasteiger partial charge in [0.1, 0.15) is 0 Å². The van der Waals surface area contributed by atoms with E-state index in [0.717, 1.165) is 45.3 Å². The number of hydrogen-bond acceptors (Lipinski definition) is 6. The quantitative estimate of drug-likeness (QED) is 0.779. The predicted molar refractivity (Wildman–Crippen MR) is 78.0 cm³/mol. The number of nitrogens with one attached hydrogen (secondary N) is 1. The van der Waals surface area contributed by atoms with E-state index in [2.05, 4.69) is 30.7 Å². The van der Waals surface area contributed by atoms with Crippen LogP contribution in [-0.4, -0.2) is 47.8 Å². The summed E-state index contributed by atoms with van der Waals surface area (Å²) in [5, 5.41) is 19.4. The minimum atomic E-state index is -0.289. The largest absolute Gasteiger partial charge is 0.339 e. The highest BCUT2D eigenvalue weighted by Gasteiger charge is 2.38. The van der Waals surface area contributed by atoms with Crippen molar-refractivity contribution in [3.05, 3.63) is 0 Å². The molecular formula is C14H24N6O. The SMILES string of the molecule is CC1(CCC(=O)N(CCC2(C)N=N2)C2CCNCC2)N=N1. The van der Waals surface area contributed by atoms with Crippen molar-refractivity contribution in [3.8, 4) is 0 Å². The van der Waals surface area contributed by atoms with Gasteiger partial charge < -0.3 is 10.2 Å². The second-order valence-corrected chi connectivity index (χ2v) is 6.65. The highest BCUT2D eigenvalue weighted by molar-refractivity contribution is 5.76. The molecule has 3 aliphatic heterocycles. The van der Waals surface area contributed by atoms with Gasteiger partial charge in [-0.3, -0.25) is 4.79 Å². The summed E-state index contributed by atoms with van der Waals surface area (Å²) < 4.78 is 0. The smallest absolute Gasteiger partial charge is 0.222 e. The predicted octanol–water partition coefficient (Wildman–Crippen LogP) is 2.10. The van der Waals surface area contributed by atoms with E-state index < -0.39 is 0 Å². The molecule has 0 aromatic carbocycles. The van der Waals surface area contributed by atoms with Crippen LogP contribution in [0.25, 0.3) is 0 Å². The van der Waals surface area contributed by atoms with Gasteiger partial charge in [0.2, 0.25) is 5.91 Å². The van der Waals surface area contributed by atoms with Gasteiger partial charge in [0.05, 0.1) is 0 Å². The Morgan fingerprint density at radius 3 is 2.24 bits per heavy atom. The zero-order valence-corrected chi connectivity index (χ0v) is 12.9. The third-order valence-corrected chi connectivity index (χ3v) is 4.59. The number of carbonyl (C=O) groups excluding carboxylic acids is 1. The van der Waals surface area contributed by atoms with Gasteiger partial charge in [0.25, 0.3) is 0 Å². The van der Waals surface area contributed by atoms with Crippen LogP contribution in [0.1, 0.15) is 46.0 Å². The molecule has 0 saturated carbocycles. The van der Waals surface area contributed by atoms with Crippen LogP contribution >= 0.6 is 0 Å². The molecule has 1 amide bonds. The summed E-state index contributed by atoms with van der Waals surface area (Å²) in [5.74, 6) is 0.227. The lowest BCUT2D eigenvalue weighted by Crippen LogP contribution is -2.47. The van der Waals surface area contributed by atoms with E-state index in [1.807, 2.05) is 13.8 Å². The molecule has 3 heterocycles. The minimum Gasteiger partial charge on any atom is -0.339 e. The molecule has 1 N–H and O–H groups in total. The first-order valence-corrected chi connectivity index (χ1v) is 7.88. The van der Waals surface area contributed by atoms with Crippen molar-refractivity contribution in [2.45, 2.75) is 63.3 Å². The molecule has 0 aliphatic carbocycles. The molecule has 3 aliphatic rings. The lowest BCUT2D eigenvalue weighted by atomic mass is 10.0. The van der Waals surface area contributed by atoms with E-state index in [-0.39, 0.29) is 17.2 Å². The Bertz CT molecular complexity index is 456. The fraction of sp³-hybridized carbons (Fsp3) is 0.929. The van der Waals surface area contributed by atoms with Crippen LogP contribution in [0.2, 0.25) is 0 Å². The Labute approximate surface area is 125 Å². The van der Waals surface area contributed by atoms with Crippen LogP contribution in [0.4, 0.5) is 0 Å². The van der Waals surface area contributed by atoms with E-state index >= 15 is 0 Å². The van der Waals surface area contributed by atoms with Gasteiger partial charge in [-0.2, -0.15) is 20.5 Å². The van der Waals surface area contributed by atoms with Crippen molar-refractivity contribution in [3.63, 3.8) is 0 Å². The van der Waals surface area contributed by atoms with Gasteiger partial charge in [0, 0.05) is 31.8 Å². The van der Waals surface area contributed by atoms with E-state index in [1.54, 1.807) is 0 Å². The first kappa shape index (κ1) is 14.6. The summed E-state index contributed by atoms with van der Waals surface area (Å²) in [7, 11) is 0. The van der Waals surface area contributed by atoms with E-state index in [4.69, 9.17) is 0 Å². The van der Waals surface area contributed by atoms with E-state index in [1.165, 1.54) is 0 Å². The zero-order chi connectivity index (χ0) is 14.9. The second kappa shape index (κ2) is 5.44. The number of rotatable bonds is 7. The molecule has 116 valence electrons. The van der Waals surface area contributed by atoms with Gasteiger partial charge in [-0.05, 0) is 39.8 Å². The fourth-order valence-electron chi connectivity index (χ4n) is 2.82. The van der Waals surface area contributed by atoms with E-state index in [0.29, 0.717) is 12.5 Å². The molecule has 21 heavy (non-hydrogen) atoms. The Morgan fingerprint density at radius 2 is 1.67 bits per heavy atom. The lowest BCUT2D eigenvalue weighted by molar-refractivity contribution is -0.134. The van der Waals surface area contributed by atoms with Gasteiger partial charge in [0.15, 0.2) is 11.3 Å². The van der Waals surface area contributed by atoms with Gasteiger partial charge >= 0.3 is 0 Å². The third kappa shape index (κ3) is 3.84. The van der Waals surface area contributed by atoms with Crippen molar-refractivity contribution in [1.82, 2.24) is 10.2 Å². The zero-order valence-electron chi connectivity index (χ0n) is 12.9. The monoisotopic (exact) mass is 292 g/mol. The van der Waals surface area contributed by atoms with Crippen molar-refractivity contribution in [2.24, 2.45) is 20.5 Å². The maximum Gasteiger partial charge on any atom is 0.222 e. The topological polar surface area (TPSA) is 81.8 Å². The Morgan fingerprint density at radius 1 is 1.10 bits per heavy atom. The number of hydrogen-bond donors (Lipinski definition) is 1. The summed E-state index contributed by atoms with van der Waals surface area (Å²) in [5.41, 5.74) is -0.527. The molecule has 7 nitrogen and oxygen atoms in total. The van der Waals surface area contributed by atoms with Crippen LogP contribution in [0.15, 0.2) is 20.5 Å². The Hall–Kier alpha value is -1.37. The van der Waals surface area contributed by atoms with Crippen LogP contribution in [0.5, 0.6) is 0 Å². The molecule has 0 bridgehead atoms. The summed E-state index contributed by atoms with van der Waals surface area (Å²) in [6, 6.07) is 0.349.